The molecular formula is C13H17Cl2NO3S. The first-order chi connectivity index (χ1) is 9.04. The summed E-state index contributed by atoms with van der Waals surface area (Å²) in [6, 6.07) is 2.63. The number of hydrogen-bond donors (Lipinski definition) is 1. The van der Waals surface area contributed by atoms with Gasteiger partial charge in [0.25, 0.3) is 15.0 Å². The molecule has 1 aromatic carbocycles. The quantitative estimate of drug-likeness (QED) is 0.857. The highest BCUT2D eigenvalue weighted by atomic mass is 35.7. The second-order valence-corrected chi connectivity index (χ2v) is 7.99. The Kier molecular flexibility index (Phi) is 5.46. The van der Waals surface area contributed by atoms with Gasteiger partial charge < -0.3 is 5.32 Å². The number of hydrogen-bond acceptors (Lipinski definition) is 3. The molecule has 4 nitrogen and oxygen atoms in total. The number of rotatable bonds is 4. The third-order valence-electron chi connectivity index (χ3n) is 3.19. The van der Waals surface area contributed by atoms with E-state index in [2.05, 4.69) is 5.32 Å². The summed E-state index contributed by atoms with van der Waals surface area (Å²) in [5, 5.41) is 2.96. The first-order valence-electron chi connectivity index (χ1n) is 6.09. The van der Waals surface area contributed by atoms with Gasteiger partial charge in [0.2, 0.25) is 0 Å². The maximum atomic E-state index is 12.2. The lowest BCUT2D eigenvalue weighted by Gasteiger charge is -2.18. The molecule has 1 rings (SSSR count). The molecule has 0 saturated carbocycles. The summed E-state index contributed by atoms with van der Waals surface area (Å²) >= 11 is 5.87. The molecule has 0 radical (unpaired) electrons. The number of nitrogens with one attached hydrogen (secondary N) is 1. The highest BCUT2D eigenvalue weighted by Gasteiger charge is 2.21. The van der Waals surface area contributed by atoms with E-state index in [-0.39, 0.29) is 38.9 Å². The zero-order valence-electron chi connectivity index (χ0n) is 11.7. The van der Waals surface area contributed by atoms with Crippen LogP contribution in [0.4, 0.5) is 0 Å². The average Bonchev–Trinajstić information content (AvgIpc) is 2.29. The Bertz CT molecular complexity index is 627. The maximum Gasteiger partial charge on any atom is 0.261 e. The van der Waals surface area contributed by atoms with Gasteiger partial charge in [0.1, 0.15) is 0 Å². The molecule has 20 heavy (non-hydrogen) atoms. The molecule has 0 heterocycles. The molecule has 1 aromatic rings. The summed E-state index contributed by atoms with van der Waals surface area (Å²) in [4.78, 5) is 12.1. The van der Waals surface area contributed by atoms with Gasteiger partial charge in [-0.1, -0.05) is 25.4 Å². The van der Waals surface area contributed by atoms with Gasteiger partial charge in [-0.25, -0.2) is 8.42 Å². The smallest absolute Gasteiger partial charge is 0.261 e. The minimum absolute atomic E-state index is 0.0445. The number of carbonyl (C=O) groups excluding carboxylic acids is 1. The van der Waals surface area contributed by atoms with Gasteiger partial charge >= 0.3 is 0 Å². The van der Waals surface area contributed by atoms with E-state index < -0.39 is 9.05 Å². The van der Waals surface area contributed by atoms with Crippen LogP contribution in [0.15, 0.2) is 17.0 Å². The van der Waals surface area contributed by atoms with Crippen molar-refractivity contribution in [1.29, 1.82) is 0 Å². The largest absolute Gasteiger partial charge is 0.349 e. The lowest BCUT2D eigenvalue weighted by Crippen LogP contribution is -2.36. The molecular weight excluding hydrogens is 321 g/mol. The normalized spacial score (nSPS) is 13.3. The lowest BCUT2D eigenvalue weighted by atomic mass is 10.0. The Hall–Kier alpha value is -0.780. The van der Waals surface area contributed by atoms with E-state index in [0.717, 1.165) is 0 Å². The molecule has 0 spiro atoms. The Balaban J connectivity index is 3.26. The second kappa shape index (κ2) is 6.33. The summed E-state index contributed by atoms with van der Waals surface area (Å²) in [6.45, 7) is 7.36. The van der Waals surface area contributed by atoms with Crippen molar-refractivity contribution in [2.24, 2.45) is 5.92 Å². The zero-order valence-corrected chi connectivity index (χ0v) is 14.0. The van der Waals surface area contributed by atoms with E-state index in [0.29, 0.717) is 0 Å². The SMILES string of the molecule is Cc1c(C(=O)NC(C)C(C)C)cc(Cl)cc1S(=O)(=O)Cl. The van der Waals surface area contributed by atoms with E-state index in [1.165, 1.54) is 19.1 Å². The van der Waals surface area contributed by atoms with Crippen molar-refractivity contribution in [2.75, 3.05) is 0 Å². The summed E-state index contributed by atoms with van der Waals surface area (Å²) < 4.78 is 23.0. The van der Waals surface area contributed by atoms with Gasteiger partial charge in [0, 0.05) is 27.3 Å². The van der Waals surface area contributed by atoms with Crippen molar-refractivity contribution in [3.05, 3.63) is 28.3 Å². The zero-order chi connectivity index (χ0) is 15.7. The lowest BCUT2D eigenvalue weighted by molar-refractivity contribution is 0.0929. The number of halogens is 2. The summed E-state index contributed by atoms with van der Waals surface area (Å²) in [5.41, 5.74) is 0.502. The summed E-state index contributed by atoms with van der Waals surface area (Å²) in [7, 11) is 1.40. The number of benzene rings is 1. The first kappa shape index (κ1) is 17.3. The van der Waals surface area contributed by atoms with Crippen molar-refractivity contribution in [3.8, 4) is 0 Å². The molecule has 0 bridgehead atoms. The Morgan fingerprint density at radius 2 is 1.80 bits per heavy atom. The van der Waals surface area contributed by atoms with Crippen LogP contribution in [-0.4, -0.2) is 20.4 Å². The van der Waals surface area contributed by atoms with Gasteiger partial charge in [-0.3, -0.25) is 4.79 Å². The molecule has 1 N–H and O–H groups in total. The van der Waals surface area contributed by atoms with Gasteiger partial charge in [0.05, 0.1) is 4.90 Å². The van der Waals surface area contributed by atoms with Crippen molar-refractivity contribution >= 4 is 37.2 Å². The minimum atomic E-state index is -3.95. The molecule has 0 aliphatic rings. The van der Waals surface area contributed by atoms with Crippen LogP contribution >= 0.6 is 22.3 Å². The summed E-state index contributed by atoms with van der Waals surface area (Å²) in [6.07, 6.45) is 0. The molecule has 1 amide bonds. The van der Waals surface area contributed by atoms with E-state index in [1.54, 1.807) is 0 Å². The molecule has 0 fully saturated rings. The standard InChI is InChI=1S/C13H17Cl2NO3S/c1-7(2)9(4)16-13(17)11-5-10(14)6-12(8(11)3)20(15,18)19/h5-7,9H,1-4H3,(H,16,17). The van der Waals surface area contributed by atoms with Gasteiger partial charge in [-0.2, -0.15) is 0 Å². The maximum absolute atomic E-state index is 12.2. The van der Waals surface area contributed by atoms with Crippen LogP contribution in [0.25, 0.3) is 0 Å². The molecule has 0 saturated heterocycles. The summed E-state index contributed by atoms with van der Waals surface area (Å²) in [5.74, 6) is -0.109. The van der Waals surface area contributed by atoms with Crippen LogP contribution in [0.3, 0.4) is 0 Å². The molecule has 1 unspecified atom stereocenters. The van der Waals surface area contributed by atoms with Gasteiger partial charge in [-0.15, -0.1) is 0 Å². The van der Waals surface area contributed by atoms with E-state index in [1.807, 2.05) is 20.8 Å². The fourth-order valence-electron chi connectivity index (χ4n) is 1.59. The van der Waals surface area contributed by atoms with E-state index in [9.17, 15) is 13.2 Å². The average molecular weight is 338 g/mol. The third kappa shape index (κ3) is 4.11. The van der Waals surface area contributed by atoms with E-state index >= 15 is 0 Å². The van der Waals surface area contributed by atoms with Crippen LogP contribution in [0.5, 0.6) is 0 Å². The number of amides is 1. The Labute approximate surface area is 128 Å². The molecule has 1 atom stereocenters. The van der Waals surface area contributed by atoms with Crippen molar-refractivity contribution < 1.29 is 13.2 Å². The van der Waals surface area contributed by atoms with Gasteiger partial charge in [-0.05, 0) is 37.5 Å². The molecule has 112 valence electrons. The molecule has 0 aliphatic heterocycles. The first-order valence-corrected chi connectivity index (χ1v) is 8.78. The Morgan fingerprint density at radius 1 is 1.25 bits per heavy atom. The van der Waals surface area contributed by atoms with Gasteiger partial charge in [0.15, 0.2) is 0 Å². The van der Waals surface area contributed by atoms with Crippen LogP contribution < -0.4 is 5.32 Å². The highest BCUT2D eigenvalue weighted by molar-refractivity contribution is 8.13. The topological polar surface area (TPSA) is 63.2 Å². The van der Waals surface area contributed by atoms with Crippen molar-refractivity contribution in [1.82, 2.24) is 5.32 Å². The minimum Gasteiger partial charge on any atom is -0.349 e. The van der Waals surface area contributed by atoms with Crippen LogP contribution in [-0.2, 0) is 9.05 Å². The van der Waals surface area contributed by atoms with Crippen LogP contribution in [0.1, 0.15) is 36.7 Å². The molecule has 0 aliphatic carbocycles. The Morgan fingerprint density at radius 3 is 2.25 bits per heavy atom. The van der Waals surface area contributed by atoms with E-state index in [4.69, 9.17) is 22.3 Å². The predicted molar refractivity (Wildman–Crippen MR) is 81.0 cm³/mol. The second-order valence-electron chi connectivity index (χ2n) is 5.02. The third-order valence-corrected chi connectivity index (χ3v) is 4.86. The molecule has 0 aromatic heterocycles. The fourth-order valence-corrected chi connectivity index (χ4v) is 3.10. The van der Waals surface area contributed by atoms with Crippen molar-refractivity contribution in [2.45, 2.75) is 38.6 Å². The van der Waals surface area contributed by atoms with Crippen molar-refractivity contribution in [3.63, 3.8) is 0 Å². The van der Waals surface area contributed by atoms with Crippen LogP contribution in [0.2, 0.25) is 5.02 Å². The van der Waals surface area contributed by atoms with Crippen LogP contribution in [0, 0.1) is 12.8 Å². The monoisotopic (exact) mass is 337 g/mol. The number of carbonyl (C=O) groups is 1. The fraction of sp³-hybridized carbons (Fsp3) is 0.462. The highest BCUT2D eigenvalue weighted by Crippen LogP contribution is 2.27. The molecule has 7 heteroatoms. The predicted octanol–water partition coefficient (Wildman–Crippen LogP) is 3.35.